The Hall–Kier alpha value is -1.77. The van der Waals surface area contributed by atoms with Crippen LogP contribution in [0.15, 0.2) is 27.6 Å². The summed E-state index contributed by atoms with van der Waals surface area (Å²) in [5.41, 5.74) is 7.14. The molecule has 1 aromatic carbocycles. The first-order valence-corrected chi connectivity index (χ1v) is 7.73. The van der Waals surface area contributed by atoms with Crippen LogP contribution in [0.2, 0.25) is 0 Å². The van der Waals surface area contributed by atoms with Gasteiger partial charge in [-0.15, -0.1) is 0 Å². The minimum atomic E-state index is -3.96. The van der Waals surface area contributed by atoms with E-state index in [0.29, 0.717) is 22.6 Å². The lowest BCUT2D eigenvalue weighted by Crippen LogP contribution is -2.24. The summed E-state index contributed by atoms with van der Waals surface area (Å²) in [6, 6.07) is 3.80. The SMILES string of the molecule is Cc1noc(C)c1CNS(=O)(=O)c1ccc(CN)cc1F. The average molecular weight is 313 g/mol. The van der Waals surface area contributed by atoms with Crippen LogP contribution in [0.3, 0.4) is 0 Å². The van der Waals surface area contributed by atoms with Crippen LogP contribution in [0.1, 0.15) is 22.6 Å². The number of rotatable bonds is 5. The molecule has 0 amide bonds. The van der Waals surface area contributed by atoms with Crippen LogP contribution >= 0.6 is 0 Å². The maximum absolute atomic E-state index is 13.9. The standard InChI is InChI=1S/C13H16FN3O3S/c1-8-11(9(2)20-17-8)7-16-21(18,19)13-4-3-10(6-15)5-12(13)14/h3-5,16H,6-7,15H2,1-2H3. The first-order chi connectivity index (χ1) is 9.85. The number of halogens is 1. The largest absolute Gasteiger partial charge is 0.361 e. The number of nitrogens with zero attached hydrogens (tertiary/aromatic N) is 1. The zero-order chi connectivity index (χ0) is 15.6. The van der Waals surface area contributed by atoms with Crippen molar-refractivity contribution in [2.45, 2.75) is 31.8 Å². The van der Waals surface area contributed by atoms with Crippen molar-refractivity contribution in [3.63, 3.8) is 0 Å². The summed E-state index contributed by atoms with van der Waals surface area (Å²) >= 11 is 0. The molecule has 2 rings (SSSR count). The lowest BCUT2D eigenvalue weighted by Gasteiger charge is -2.08. The second-order valence-corrected chi connectivity index (χ2v) is 6.33. The quantitative estimate of drug-likeness (QED) is 0.868. The maximum Gasteiger partial charge on any atom is 0.243 e. The minimum Gasteiger partial charge on any atom is -0.361 e. The van der Waals surface area contributed by atoms with E-state index in [1.807, 2.05) is 0 Å². The molecule has 0 aliphatic heterocycles. The van der Waals surface area contributed by atoms with Gasteiger partial charge in [0.25, 0.3) is 0 Å². The van der Waals surface area contributed by atoms with Gasteiger partial charge in [0.1, 0.15) is 16.5 Å². The Morgan fingerprint density at radius 1 is 1.38 bits per heavy atom. The highest BCUT2D eigenvalue weighted by molar-refractivity contribution is 7.89. The van der Waals surface area contributed by atoms with Crippen molar-refractivity contribution in [3.05, 3.63) is 46.6 Å². The van der Waals surface area contributed by atoms with Gasteiger partial charge in [-0.1, -0.05) is 11.2 Å². The van der Waals surface area contributed by atoms with E-state index in [0.717, 1.165) is 6.07 Å². The number of nitrogens with one attached hydrogen (secondary N) is 1. The van der Waals surface area contributed by atoms with Gasteiger partial charge in [0.05, 0.1) is 5.69 Å². The van der Waals surface area contributed by atoms with Gasteiger partial charge in [-0.05, 0) is 31.5 Å². The molecule has 0 fully saturated rings. The van der Waals surface area contributed by atoms with Gasteiger partial charge in [-0.3, -0.25) is 0 Å². The van der Waals surface area contributed by atoms with Crippen molar-refractivity contribution in [1.29, 1.82) is 0 Å². The Kier molecular flexibility index (Phi) is 4.40. The van der Waals surface area contributed by atoms with Crippen LogP contribution < -0.4 is 10.5 Å². The fourth-order valence-electron chi connectivity index (χ4n) is 1.89. The fourth-order valence-corrected chi connectivity index (χ4v) is 2.94. The molecular weight excluding hydrogens is 297 g/mol. The second kappa shape index (κ2) is 5.92. The molecule has 3 N–H and O–H groups in total. The highest BCUT2D eigenvalue weighted by Gasteiger charge is 2.20. The first kappa shape index (κ1) is 15.6. The van der Waals surface area contributed by atoms with Gasteiger partial charge in [-0.25, -0.2) is 17.5 Å². The molecule has 8 heteroatoms. The van der Waals surface area contributed by atoms with Crippen molar-refractivity contribution >= 4 is 10.0 Å². The summed E-state index contributed by atoms with van der Waals surface area (Å²) < 4.78 is 45.4. The molecule has 2 aromatic rings. The summed E-state index contributed by atoms with van der Waals surface area (Å²) in [7, 11) is -3.96. The van der Waals surface area contributed by atoms with E-state index in [2.05, 4.69) is 9.88 Å². The Bertz CT molecular complexity index is 737. The molecular formula is C13H16FN3O3S. The van der Waals surface area contributed by atoms with Crippen molar-refractivity contribution in [2.75, 3.05) is 0 Å². The molecule has 0 spiro atoms. The second-order valence-electron chi connectivity index (χ2n) is 4.60. The molecule has 0 aliphatic carbocycles. The van der Waals surface area contributed by atoms with Gasteiger partial charge >= 0.3 is 0 Å². The van der Waals surface area contributed by atoms with E-state index in [9.17, 15) is 12.8 Å². The van der Waals surface area contributed by atoms with Crippen LogP contribution in [0.5, 0.6) is 0 Å². The molecule has 1 heterocycles. The molecule has 114 valence electrons. The topological polar surface area (TPSA) is 98.2 Å². The molecule has 0 radical (unpaired) electrons. The first-order valence-electron chi connectivity index (χ1n) is 6.25. The number of aryl methyl sites for hydroxylation is 2. The normalized spacial score (nSPS) is 11.8. The summed E-state index contributed by atoms with van der Waals surface area (Å²) in [5.74, 6) is -0.307. The van der Waals surface area contributed by atoms with E-state index in [1.165, 1.54) is 12.1 Å². The summed E-state index contributed by atoms with van der Waals surface area (Å²) in [4.78, 5) is -0.411. The van der Waals surface area contributed by atoms with Gasteiger partial charge < -0.3 is 10.3 Å². The Morgan fingerprint density at radius 3 is 2.62 bits per heavy atom. The minimum absolute atomic E-state index is 0.0123. The van der Waals surface area contributed by atoms with Crippen molar-refractivity contribution < 1.29 is 17.3 Å². The van der Waals surface area contributed by atoms with Crippen molar-refractivity contribution in [3.8, 4) is 0 Å². The van der Waals surface area contributed by atoms with Gasteiger partial charge in [0.15, 0.2) is 0 Å². The zero-order valence-corrected chi connectivity index (χ0v) is 12.5. The number of nitrogens with two attached hydrogens (primary N) is 1. The molecule has 0 saturated heterocycles. The molecule has 0 atom stereocenters. The molecule has 0 unspecified atom stereocenters. The fraction of sp³-hybridized carbons (Fsp3) is 0.308. The van der Waals surface area contributed by atoms with Crippen LogP contribution in [0, 0.1) is 19.7 Å². The average Bonchev–Trinajstić information content (AvgIpc) is 2.75. The van der Waals surface area contributed by atoms with E-state index < -0.39 is 20.7 Å². The molecule has 6 nitrogen and oxygen atoms in total. The monoisotopic (exact) mass is 313 g/mol. The number of aromatic nitrogens is 1. The summed E-state index contributed by atoms with van der Waals surface area (Å²) in [6.07, 6.45) is 0. The summed E-state index contributed by atoms with van der Waals surface area (Å²) in [6.45, 7) is 3.52. The third-order valence-corrected chi connectivity index (χ3v) is 4.58. The Balaban J connectivity index is 2.23. The maximum atomic E-state index is 13.9. The van der Waals surface area contributed by atoms with Gasteiger partial charge in [0, 0.05) is 18.7 Å². The van der Waals surface area contributed by atoms with Crippen molar-refractivity contribution in [2.24, 2.45) is 5.73 Å². The van der Waals surface area contributed by atoms with Crippen LogP contribution in [0.4, 0.5) is 4.39 Å². The van der Waals surface area contributed by atoms with Gasteiger partial charge in [-0.2, -0.15) is 0 Å². The summed E-state index contributed by atoms with van der Waals surface area (Å²) in [5, 5.41) is 3.73. The van der Waals surface area contributed by atoms with E-state index >= 15 is 0 Å². The highest BCUT2D eigenvalue weighted by Crippen LogP contribution is 2.18. The number of hydrogen-bond acceptors (Lipinski definition) is 5. The van der Waals surface area contributed by atoms with Crippen LogP contribution in [0.25, 0.3) is 0 Å². The zero-order valence-electron chi connectivity index (χ0n) is 11.7. The lowest BCUT2D eigenvalue weighted by molar-refractivity contribution is 0.392. The number of hydrogen-bond donors (Lipinski definition) is 2. The third kappa shape index (κ3) is 3.29. The van der Waals surface area contributed by atoms with Gasteiger partial charge in [0.2, 0.25) is 10.0 Å². The third-order valence-electron chi connectivity index (χ3n) is 3.14. The highest BCUT2D eigenvalue weighted by atomic mass is 32.2. The van der Waals surface area contributed by atoms with E-state index in [4.69, 9.17) is 10.3 Å². The number of benzene rings is 1. The molecule has 0 bridgehead atoms. The van der Waals surface area contributed by atoms with E-state index in [1.54, 1.807) is 13.8 Å². The van der Waals surface area contributed by atoms with E-state index in [-0.39, 0.29) is 13.1 Å². The predicted octanol–water partition coefficient (Wildman–Crippen LogP) is 1.37. The van der Waals surface area contributed by atoms with Crippen LogP contribution in [-0.2, 0) is 23.1 Å². The lowest BCUT2D eigenvalue weighted by atomic mass is 10.2. The Labute approximate surface area is 122 Å². The molecule has 1 aromatic heterocycles. The van der Waals surface area contributed by atoms with Crippen molar-refractivity contribution in [1.82, 2.24) is 9.88 Å². The smallest absolute Gasteiger partial charge is 0.243 e. The molecule has 0 saturated carbocycles. The molecule has 0 aliphatic rings. The Morgan fingerprint density at radius 2 is 2.10 bits per heavy atom. The van der Waals surface area contributed by atoms with Crippen LogP contribution in [-0.4, -0.2) is 13.6 Å². The number of sulfonamides is 1. The molecule has 21 heavy (non-hydrogen) atoms. The predicted molar refractivity (Wildman–Crippen MR) is 74.3 cm³/mol.